The van der Waals surface area contributed by atoms with Gasteiger partial charge in [0.2, 0.25) is 0 Å². The van der Waals surface area contributed by atoms with E-state index in [-0.39, 0.29) is 17.9 Å². The average molecular weight is 461 g/mol. The molecule has 1 amide bonds. The van der Waals surface area contributed by atoms with E-state index in [2.05, 4.69) is 5.32 Å². The van der Waals surface area contributed by atoms with Gasteiger partial charge >= 0.3 is 17.7 Å². The fourth-order valence-electron chi connectivity index (χ4n) is 3.50. The van der Waals surface area contributed by atoms with E-state index in [1.54, 1.807) is 37.3 Å². The molecule has 3 aromatic carbocycles. The fourth-order valence-corrected chi connectivity index (χ4v) is 3.50. The molecule has 4 rings (SSSR count). The molecule has 0 aliphatic heterocycles. The smallest absolute Gasteiger partial charge is 0.408 e. The zero-order chi connectivity index (χ0) is 24.1. The topological polar surface area (TPSA) is 104 Å². The summed E-state index contributed by atoms with van der Waals surface area (Å²) >= 11 is 0. The first-order chi connectivity index (χ1) is 16.5. The molecule has 0 fully saturated rings. The lowest BCUT2D eigenvalue weighted by atomic mass is 10.1. The van der Waals surface area contributed by atoms with E-state index >= 15 is 0 Å². The molecule has 0 radical (unpaired) electrons. The number of hydrogen-bond donors (Lipinski definition) is 1. The van der Waals surface area contributed by atoms with Crippen LogP contribution in [0.15, 0.2) is 75.9 Å². The zero-order valence-electron chi connectivity index (χ0n) is 18.7. The van der Waals surface area contributed by atoms with Crippen molar-refractivity contribution in [1.29, 1.82) is 0 Å². The number of carbonyl (C=O) groups excluding carboxylic acids is 2. The Balaban J connectivity index is 1.47. The Bertz CT molecular complexity index is 1400. The highest BCUT2D eigenvalue weighted by Crippen LogP contribution is 2.28. The molecule has 1 atom stereocenters. The van der Waals surface area contributed by atoms with Crippen molar-refractivity contribution < 1.29 is 28.2 Å². The van der Waals surface area contributed by atoms with Crippen LogP contribution in [0.2, 0.25) is 0 Å². The highest BCUT2D eigenvalue weighted by Gasteiger charge is 2.22. The predicted octanol–water partition coefficient (Wildman–Crippen LogP) is 4.57. The number of benzene rings is 3. The molecule has 1 unspecified atom stereocenters. The van der Waals surface area contributed by atoms with Crippen molar-refractivity contribution in [2.24, 2.45) is 0 Å². The summed E-state index contributed by atoms with van der Waals surface area (Å²) in [5.41, 5.74) is 0.576. The average Bonchev–Trinajstić information content (AvgIpc) is 2.86. The monoisotopic (exact) mass is 461 g/mol. The summed E-state index contributed by atoms with van der Waals surface area (Å²) in [5.74, 6) is 0.0721. The van der Waals surface area contributed by atoms with Crippen LogP contribution in [0.3, 0.4) is 0 Å². The van der Waals surface area contributed by atoms with Gasteiger partial charge in [-0.05, 0) is 42.3 Å². The molecule has 0 saturated carbocycles. The predicted molar refractivity (Wildman–Crippen MR) is 126 cm³/mol. The Labute approximate surface area is 195 Å². The van der Waals surface area contributed by atoms with Crippen LogP contribution in [0.4, 0.5) is 4.79 Å². The third-order valence-electron chi connectivity index (χ3n) is 5.31. The SMILES string of the molecule is CCC(NC(=O)OCc1ccccc1)C(=O)Oc1ccc2c(c1)oc(=O)c1cc(OC)ccc12. The summed E-state index contributed by atoms with van der Waals surface area (Å²) in [5, 5.41) is 4.29. The molecule has 174 valence electrons. The molecule has 1 aromatic heterocycles. The summed E-state index contributed by atoms with van der Waals surface area (Å²) in [6.07, 6.45) is -0.423. The molecule has 0 aliphatic rings. The van der Waals surface area contributed by atoms with Gasteiger partial charge in [-0.15, -0.1) is 0 Å². The van der Waals surface area contributed by atoms with E-state index in [1.165, 1.54) is 13.2 Å². The molecule has 34 heavy (non-hydrogen) atoms. The van der Waals surface area contributed by atoms with Gasteiger partial charge in [0.1, 0.15) is 29.7 Å². The maximum Gasteiger partial charge on any atom is 0.408 e. The first kappa shape index (κ1) is 22.8. The fraction of sp³-hybridized carbons (Fsp3) is 0.192. The standard InChI is InChI=1S/C26H23NO7/c1-3-22(27-26(30)32-15-16-7-5-4-6-8-16)25(29)33-18-10-12-20-19-11-9-17(31-2)13-21(19)24(28)34-23(20)14-18/h4-14,22H,3,15H2,1-2H3,(H,27,30). The number of nitrogens with one attached hydrogen (secondary N) is 1. The Morgan fingerprint density at radius 2 is 1.68 bits per heavy atom. The Morgan fingerprint density at radius 3 is 2.41 bits per heavy atom. The van der Waals surface area contributed by atoms with E-state index < -0.39 is 23.7 Å². The summed E-state index contributed by atoms with van der Waals surface area (Å²) in [6, 6.07) is 18.2. The van der Waals surface area contributed by atoms with Crippen molar-refractivity contribution in [2.45, 2.75) is 26.0 Å². The number of esters is 1. The van der Waals surface area contributed by atoms with Crippen LogP contribution in [0.1, 0.15) is 18.9 Å². The second kappa shape index (κ2) is 10.1. The normalized spacial score (nSPS) is 11.7. The summed E-state index contributed by atoms with van der Waals surface area (Å²) in [6.45, 7) is 1.82. The van der Waals surface area contributed by atoms with E-state index in [1.807, 2.05) is 30.3 Å². The number of hydrogen-bond acceptors (Lipinski definition) is 7. The quantitative estimate of drug-likeness (QED) is 0.186. The first-order valence-corrected chi connectivity index (χ1v) is 10.7. The second-order valence-corrected chi connectivity index (χ2v) is 7.55. The Morgan fingerprint density at radius 1 is 0.941 bits per heavy atom. The van der Waals surface area contributed by atoms with E-state index in [0.29, 0.717) is 28.3 Å². The number of rotatable bonds is 7. The highest BCUT2D eigenvalue weighted by molar-refractivity contribution is 6.05. The molecular weight excluding hydrogens is 438 g/mol. The van der Waals surface area contributed by atoms with Gasteiger partial charge in [-0.25, -0.2) is 14.4 Å². The molecule has 8 nitrogen and oxygen atoms in total. The summed E-state index contributed by atoms with van der Waals surface area (Å²) in [7, 11) is 1.52. The van der Waals surface area contributed by atoms with Crippen LogP contribution < -0.4 is 20.4 Å². The minimum Gasteiger partial charge on any atom is -0.497 e. The third-order valence-corrected chi connectivity index (χ3v) is 5.31. The molecule has 0 bridgehead atoms. The van der Waals surface area contributed by atoms with Gasteiger partial charge in [0.15, 0.2) is 0 Å². The van der Waals surface area contributed by atoms with Gasteiger partial charge in [0.25, 0.3) is 0 Å². The van der Waals surface area contributed by atoms with Gasteiger partial charge in [-0.2, -0.15) is 0 Å². The number of amides is 1. The van der Waals surface area contributed by atoms with E-state index in [4.69, 9.17) is 18.6 Å². The van der Waals surface area contributed by atoms with Crippen molar-refractivity contribution in [3.05, 3.63) is 82.7 Å². The van der Waals surface area contributed by atoms with E-state index in [0.717, 1.165) is 5.56 Å². The van der Waals surface area contributed by atoms with Crippen LogP contribution in [0, 0.1) is 0 Å². The zero-order valence-corrected chi connectivity index (χ0v) is 18.7. The molecule has 0 aliphatic carbocycles. The second-order valence-electron chi connectivity index (χ2n) is 7.55. The van der Waals surface area contributed by atoms with Gasteiger partial charge < -0.3 is 23.9 Å². The van der Waals surface area contributed by atoms with Gasteiger partial charge in [0.05, 0.1) is 12.5 Å². The highest BCUT2D eigenvalue weighted by atomic mass is 16.6. The lowest BCUT2D eigenvalue weighted by molar-refractivity contribution is -0.136. The molecule has 1 heterocycles. The number of fused-ring (bicyclic) bond motifs is 3. The minimum absolute atomic E-state index is 0.0850. The van der Waals surface area contributed by atoms with Crippen LogP contribution in [-0.4, -0.2) is 25.2 Å². The van der Waals surface area contributed by atoms with Crippen molar-refractivity contribution in [3.8, 4) is 11.5 Å². The van der Waals surface area contributed by atoms with Crippen LogP contribution >= 0.6 is 0 Å². The maximum absolute atomic E-state index is 12.6. The van der Waals surface area contributed by atoms with Crippen LogP contribution in [0.5, 0.6) is 11.5 Å². The van der Waals surface area contributed by atoms with Crippen LogP contribution in [-0.2, 0) is 16.1 Å². The summed E-state index contributed by atoms with van der Waals surface area (Å²) in [4.78, 5) is 37.2. The summed E-state index contributed by atoms with van der Waals surface area (Å²) < 4.78 is 21.2. The first-order valence-electron chi connectivity index (χ1n) is 10.7. The van der Waals surface area contributed by atoms with Gasteiger partial charge in [-0.1, -0.05) is 37.3 Å². The minimum atomic E-state index is -0.907. The molecule has 0 spiro atoms. The third kappa shape index (κ3) is 5.01. The van der Waals surface area contributed by atoms with Gasteiger partial charge in [-0.3, -0.25) is 0 Å². The number of alkyl carbamates (subject to hydrolysis) is 1. The van der Waals surface area contributed by atoms with Crippen LogP contribution in [0.25, 0.3) is 21.7 Å². The molecule has 0 saturated heterocycles. The molecular formula is C26H23NO7. The lowest BCUT2D eigenvalue weighted by Crippen LogP contribution is -2.42. The van der Waals surface area contributed by atoms with Gasteiger partial charge in [0, 0.05) is 16.8 Å². The van der Waals surface area contributed by atoms with Crippen molar-refractivity contribution in [3.63, 3.8) is 0 Å². The number of methoxy groups -OCH3 is 1. The number of carbonyl (C=O) groups is 2. The van der Waals surface area contributed by atoms with E-state index in [9.17, 15) is 14.4 Å². The lowest BCUT2D eigenvalue weighted by Gasteiger charge is -2.16. The molecule has 8 heteroatoms. The largest absolute Gasteiger partial charge is 0.497 e. The Hall–Kier alpha value is -4.33. The Kier molecular flexibility index (Phi) is 6.77. The molecule has 1 N–H and O–H groups in total. The van der Waals surface area contributed by atoms with Crippen molar-refractivity contribution >= 4 is 33.8 Å². The van der Waals surface area contributed by atoms with Crippen molar-refractivity contribution in [2.75, 3.05) is 7.11 Å². The maximum atomic E-state index is 12.6. The van der Waals surface area contributed by atoms with Crippen molar-refractivity contribution in [1.82, 2.24) is 5.32 Å². The molecule has 4 aromatic rings. The number of ether oxygens (including phenoxy) is 3.